The normalized spacial score (nSPS) is 25.2. The Bertz CT molecular complexity index is 345. The number of aliphatic hydroxyl groups is 1. The quantitative estimate of drug-likeness (QED) is 0.779. The van der Waals surface area contributed by atoms with Gasteiger partial charge in [0.15, 0.2) is 0 Å². The maximum Gasteiger partial charge on any atom is 0.236 e. The summed E-state index contributed by atoms with van der Waals surface area (Å²) < 4.78 is 0. The standard InChI is InChI=1S/C14H23NO3/c1-10(2)11(9-16)15-12(17)8-14(13(15)18)6-4-3-5-7-14/h10-11,16H,3-9H2,1-2H3. The molecule has 1 heterocycles. The number of amides is 2. The molecule has 1 saturated heterocycles. The van der Waals surface area contributed by atoms with E-state index in [9.17, 15) is 14.7 Å². The van der Waals surface area contributed by atoms with Gasteiger partial charge < -0.3 is 5.11 Å². The highest BCUT2D eigenvalue weighted by Crippen LogP contribution is 2.46. The summed E-state index contributed by atoms with van der Waals surface area (Å²) >= 11 is 0. The minimum absolute atomic E-state index is 0.0278. The predicted molar refractivity (Wildman–Crippen MR) is 67.7 cm³/mol. The number of carbonyl (C=O) groups is 2. The van der Waals surface area contributed by atoms with E-state index in [0.717, 1.165) is 32.1 Å². The van der Waals surface area contributed by atoms with E-state index in [1.54, 1.807) is 0 Å². The van der Waals surface area contributed by atoms with Crippen LogP contribution in [0.2, 0.25) is 0 Å². The smallest absolute Gasteiger partial charge is 0.236 e. The van der Waals surface area contributed by atoms with Gasteiger partial charge in [0.05, 0.1) is 18.1 Å². The molecular formula is C14H23NO3. The number of hydrogen-bond acceptors (Lipinski definition) is 3. The van der Waals surface area contributed by atoms with E-state index in [-0.39, 0.29) is 30.4 Å². The molecule has 2 fully saturated rings. The fourth-order valence-corrected chi connectivity index (χ4v) is 3.36. The van der Waals surface area contributed by atoms with Crippen molar-refractivity contribution < 1.29 is 14.7 Å². The highest BCUT2D eigenvalue weighted by molar-refractivity contribution is 6.06. The van der Waals surface area contributed by atoms with Crippen LogP contribution in [-0.4, -0.2) is 34.5 Å². The first-order valence-corrected chi connectivity index (χ1v) is 6.99. The lowest BCUT2D eigenvalue weighted by atomic mass is 9.73. The van der Waals surface area contributed by atoms with E-state index < -0.39 is 5.41 Å². The summed E-state index contributed by atoms with van der Waals surface area (Å²) in [5, 5.41) is 9.43. The molecule has 1 unspecified atom stereocenters. The molecule has 0 aromatic rings. The van der Waals surface area contributed by atoms with Crippen LogP contribution < -0.4 is 0 Å². The average Bonchev–Trinajstić information content (AvgIpc) is 2.55. The van der Waals surface area contributed by atoms with Gasteiger partial charge in [0.1, 0.15) is 0 Å². The zero-order chi connectivity index (χ0) is 13.3. The Morgan fingerprint density at radius 1 is 1.22 bits per heavy atom. The molecule has 1 aliphatic heterocycles. The average molecular weight is 253 g/mol. The number of likely N-dealkylation sites (tertiary alicyclic amines) is 1. The molecule has 0 bridgehead atoms. The molecule has 102 valence electrons. The fourth-order valence-electron chi connectivity index (χ4n) is 3.36. The molecule has 1 N–H and O–H groups in total. The molecule has 0 radical (unpaired) electrons. The van der Waals surface area contributed by atoms with Gasteiger partial charge in [-0.15, -0.1) is 0 Å². The minimum atomic E-state index is -0.433. The van der Waals surface area contributed by atoms with E-state index >= 15 is 0 Å². The maximum absolute atomic E-state index is 12.6. The second-order valence-electron chi connectivity index (χ2n) is 6.08. The second kappa shape index (κ2) is 5.00. The number of aliphatic hydroxyl groups excluding tert-OH is 1. The van der Waals surface area contributed by atoms with Crippen LogP contribution in [-0.2, 0) is 9.59 Å². The molecule has 1 atom stereocenters. The highest BCUT2D eigenvalue weighted by Gasteiger charge is 2.53. The summed E-state index contributed by atoms with van der Waals surface area (Å²) in [6.45, 7) is 3.74. The Labute approximate surface area is 108 Å². The summed E-state index contributed by atoms with van der Waals surface area (Å²) in [6.07, 6.45) is 5.27. The monoisotopic (exact) mass is 253 g/mol. The van der Waals surface area contributed by atoms with Crippen LogP contribution in [0.1, 0.15) is 52.4 Å². The van der Waals surface area contributed by atoms with Crippen molar-refractivity contribution in [3.63, 3.8) is 0 Å². The SMILES string of the molecule is CC(C)C(CO)N1C(=O)CC2(CCCCC2)C1=O. The summed E-state index contributed by atoms with van der Waals surface area (Å²) in [5.74, 6) is -0.0174. The molecule has 2 aliphatic rings. The Morgan fingerprint density at radius 3 is 2.33 bits per heavy atom. The summed E-state index contributed by atoms with van der Waals surface area (Å²) in [5.41, 5.74) is -0.433. The zero-order valence-corrected chi connectivity index (χ0v) is 11.3. The predicted octanol–water partition coefficient (Wildman–Crippen LogP) is 1.71. The lowest BCUT2D eigenvalue weighted by Crippen LogP contribution is -2.47. The van der Waals surface area contributed by atoms with E-state index in [4.69, 9.17) is 0 Å². The number of rotatable bonds is 3. The van der Waals surface area contributed by atoms with Crippen molar-refractivity contribution in [1.82, 2.24) is 4.90 Å². The van der Waals surface area contributed by atoms with Gasteiger partial charge in [-0.3, -0.25) is 14.5 Å². The van der Waals surface area contributed by atoms with Gasteiger partial charge in [0.25, 0.3) is 0 Å². The number of carbonyl (C=O) groups excluding carboxylic acids is 2. The molecule has 18 heavy (non-hydrogen) atoms. The summed E-state index contributed by atoms with van der Waals surface area (Å²) in [4.78, 5) is 26.1. The topological polar surface area (TPSA) is 57.6 Å². The van der Waals surface area contributed by atoms with E-state index in [2.05, 4.69) is 0 Å². The Morgan fingerprint density at radius 2 is 1.83 bits per heavy atom. The van der Waals surface area contributed by atoms with Crippen molar-refractivity contribution in [3.05, 3.63) is 0 Å². The van der Waals surface area contributed by atoms with E-state index in [0.29, 0.717) is 6.42 Å². The highest BCUT2D eigenvalue weighted by atomic mass is 16.3. The van der Waals surface area contributed by atoms with Crippen molar-refractivity contribution >= 4 is 11.8 Å². The number of hydrogen-bond donors (Lipinski definition) is 1. The van der Waals surface area contributed by atoms with Crippen LogP contribution in [0.25, 0.3) is 0 Å². The first-order chi connectivity index (χ1) is 8.52. The van der Waals surface area contributed by atoms with Crippen LogP contribution >= 0.6 is 0 Å². The van der Waals surface area contributed by atoms with Crippen molar-refractivity contribution in [1.29, 1.82) is 0 Å². The van der Waals surface area contributed by atoms with Crippen LogP contribution in [0.3, 0.4) is 0 Å². The molecule has 0 aromatic carbocycles. The van der Waals surface area contributed by atoms with Crippen molar-refractivity contribution in [3.8, 4) is 0 Å². The molecule has 2 amide bonds. The van der Waals surface area contributed by atoms with Crippen LogP contribution in [0, 0.1) is 11.3 Å². The Hall–Kier alpha value is -0.900. The molecular weight excluding hydrogens is 230 g/mol. The third kappa shape index (κ3) is 2.07. The van der Waals surface area contributed by atoms with Crippen LogP contribution in [0.15, 0.2) is 0 Å². The molecule has 4 heteroatoms. The van der Waals surface area contributed by atoms with Crippen molar-refractivity contribution in [2.45, 2.75) is 58.4 Å². The fraction of sp³-hybridized carbons (Fsp3) is 0.857. The lowest BCUT2D eigenvalue weighted by Gasteiger charge is -2.33. The van der Waals surface area contributed by atoms with E-state index in [1.807, 2.05) is 13.8 Å². The molecule has 0 aromatic heterocycles. The molecule has 2 rings (SSSR count). The van der Waals surface area contributed by atoms with Gasteiger partial charge in [-0.2, -0.15) is 0 Å². The lowest BCUT2D eigenvalue weighted by molar-refractivity contribution is -0.147. The first-order valence-electron chi connectivity index (χ1n) is 6.99. The van der Waals surface area contributed by atoms with Gasteiger partial charge in [0, 0.05) is 6.42 Å². The van der Waals surface area contributed by atoms with Crippen molar-refractivity contribution in [2.75, 3.05) is 6.61 Å². The number of imide groups is 1. The van der Waals surface area contributed by atoms with Gasteiger partial charge in [0.2, 0.25) is 11.8 Å². The first kappa shape index (κ1) is 13.5. The van der Waals surface area contributed by atoms with Crippen LogP contribution in [0.5, 0.6) is 0 Å². The summed E-state index contributed by atoms with van der Waals surface area (Å²) in [7, 11) is 0. The Kier molecular flexibility index (Phi) is 3.76. The molecule has 4 nitrogen and oxygen atoms in total. The third-order valence-corrected chi connectivity index (χ3v) is 4.53. The third-order valence-electron chi connectivity index (χ3n) is 4.53. The van der Waals surface area contributed by atoms with E-state index in [1.165, 1.54) is 4.90 Å². The largest absolute Gasteiger partial charge is 0.394 e. The number of nitrogens with zero attached hydrogens (tertiary/aromatic N) is 1. The van der Waals surface area contributed by atoms with Gasteiger partial charge in [-0.05, 0) is 18.8 Å². The molecule has 1 aliphatic carbocycles. The molecule has 1 spiro atoms. The van der Waals surface area contributed by atoms with Crippen molar-refractivity contribution in [2.24, 2.45) is 11.3 Å². The Balaban J connectivity index is 2.23. The van der Waals surface area contributed by atoms with Gasteiger partial charge >= 0.3 is 0 Å². The maximum atomic E-state index is 12.6. The minimum Gasteiger partial charge on any atom is -0.394 e. The summed E-state index contributed by atoms with van der Waals surface area (Å²) in [6, 6.07) is -0.355. The van der Waals surface area contributed by atoms with Gasteiger partial charge in [-0.1, -0.05) is 33.1 Å². The molecule has 1 saturated carbocycles. The van der Waals surface area contributed by atoms with Gasteiger partial charge in [-0.25, -0.2) is 0 Å². The van der Waals surface area contributed by atoms with Crippen LogP contribution in [0.4, 0.5) is 0 Å². The zero-order valence-electron chi connectivity index (χ0n) is 11.3. The second-order valence-corrected chi connectivity index (χ2v) is 6.08.